The molecule has 0 spiro atoms. The summed E-state index contributed by atoms with van der Waals surface area (Å²) in [6.07, 6.45) is 1.92. The summed E-state index contributed by atoms with van der Waals surface area (Å²) in [5.74, 6) is -1.18. The van der Waals surface area contributed by atoms with Gasteiger partial charge < -0.3 is 10.4 Å². The van der Waals surface area contributed by atoms with Gasteiger partial charge in [0.25, 0.3) is 5.91 Å². The largest absolute Gasteiger partial charge is 0.481 e. The zero-order chi connectivity index (χ0) is 14.1. The van der Waals surface area contributed by atoms with Gasteiger partial charge in [0.1, 0.15) is 0 Å². The zero-order valence-corrected chi connectivity index (χ0v) is 11.7. The molecule has 3 rings (SSSR count). The standard InChI is InChI=1S/C15H15NO3S/c17-14(16-10-6-5-9(7-10)15(18)19)12-8-20-13-4-2-1-3-11(12)13/h1-4,8-10H,5-7H2,(H,16,17)(H,18,19)/t9-,10+/m1/s1. The van der Waals surface area contributed by atoms with E-state index in [2.05, 4.69) is 5.32 Å². The highest BCUT2D eigenvalue weighted by atomic mass is 32.1. The highest BCUT2D eigenvalue weighted by Gasteiger charge is 2.30. The Morgan fingerprint density at radius 2 is 2.05 bits per heavy atom. The van der Waals surface area contributed by atoms with Crippen molar-refractivity contribution in [3.05, 3.63) is 35.2 Å². The average molecular weight is 289 g/mol. The number of thiophene rings is 1. The Hall–Kier alpha value is -1.88. The van der Waals surface area contributed by atoms with E-state index in [9.17, 15) is 9.59 Å². The molecular weight excluding hydrogens is 274 g/mol. The topological polar surface area (TPSA) is 66.4 Å². The number of hydrogen-bond donors (Lipinski definition) is 2. The van der Waals surface area contributed by atoms with Crippen molar-refractivity contribution in [2.24, 2.45) is 5.92 Å². The van der Waals surface area contributed by atoms with Crippen molar-refractivity contribution in [1.82, 2.24) is 5.32 Å². The SMILES string of the molecule is O=C(N[C@H]1CC[C@@H](C(=O)O)C1)c1csc2ccccc12. The fourth-order valence-corrected chi connectivity index (χ4v) is 3.69. The van der Waals surface area contributed by atoms with Gasteiger partial charge in [-0.1, -0.05) is 18.2 Å². The minimum absolute atomic E-state index is 0.0257. The van der Waals surface area contributed by atoms with E-state index in [0.29, 0.717) is 18.4 Å². The van der Waals surface area contributed by atoms with E-state index >= 15 is 0 Å². The Kier molecular flexibility index (Phi) is 3.44. The van der Waals surface area contributed by atoms with Gasteiger partial charge in [0.05, 0.1) is 11.5 Å². The van der Waals surface area contributed by atoms with E-state index in [-0.39, 0.29) is 17.9 Å². The summed E-state index contributed by atoms with van der Waals surface area (Å²) in [7, 11) is 0. The quantitative estimate of drug-likeness (QED) is 0.913. The van der Waals surface area contributed by atoms with E-state index in [1.807, 2.05) is 29.6 Å². The predicted molar refractivity (Wildman–Crippen MR) is 78.1 cm³/mol. The Morgan fingerprint density at radius 1 is 1.25 bits per heavy atom. The van der Waals surface area contributed by atoms with Crippen LogP contribution in [0.25, 0.3) is 10.1 Å². The van der Waals surface area contributed by atoms with Gasteiger partial charge in [-0.25, -0.2) is 0 Å². The molecule has 1 saturated carbocycles. The van der Waals surface area contributed by atoms with Crippen LogP contribution in [0.15, 0.2) is 29.6 Å². The van der Waals surface area contributed by atoms with Gasteiger partial charge >= 0.3 is 5.97 Å². The van der Waals surface area contributed by atoms with Gasteiger partial charge in [-0.15, -0.1) is 11.3 Å². The molecule has 20 heavy (non-hydrogen) atoms. The molecule has 1 aromatic carbocycles. The Labute approximate surface area is 120 Å². The molecule has 2 N–H and O–H groups in total. The lowest BCUT2D eigenvalue weighted by atomic mass is 10.1. The van der Waals surface area contributed by atoms with Crippen molar-refractivity contribution in [3.63, 3.8) is 0 Å². The second-order valence-corrected chi connectivity index (χ2v) is 6.08. The molecule has 0 unspecified atom stereocenters. The van der Waals surface area contributed by atoms with Gasteiger partial charge in [-0.2, -0.15) is 0 Å². The van der Waals surface area contributed by atoms with Crippen LogP contribution in [0.4, 0.5) is 0 Å². The van der Waals surface area contributed by atoms with E-state index < -0.39 is 5.97 Å². The number of hydrogen-bond acceptors (Lipinski definition) is 3. The third-order valence-corrected chi connectivity index (χ3v) is 4.81. The number of benzene rings is 1. The summed E-state index contributed by atoms with van der Waals surface area (Å²) in [6, 6.07) is 7.78. The molecule has 1 aliphatic carbocycles. The number of amides is 1. The van der Waals surface area contributed by atoms with Crippen molar-refractivity contribution >= 4 is 33.3 Å². The number of aliphatic carboxylic acids is 1. The first kappa shape index (κ1) is 13.1. The van der Waals surface area contributed by atoms with Crippen LogP contribution in [0.1, 0.15) is 29.6 Å². The molecule has 0 bridgehead atoms. The Balaban J connectivity index is 1.73. The molecule has 2 aromatic rings. The summed E-state index contributed by atoms with van der Waals surface area (Å²) in [5, 5.41) is 14.8. The highest BCUT2D eigenvalue weighted by Crippen LogP contribution is 2.28. The van der Waals surface area contributed by atoms with Crippen molar-refractivity contribution in [2.75, 3.05) is 0 Å². The number of fused-ring (bicyclic) bond motifs is 1. The molecule has 1 heterocycles. The summed E-state index contributed by atoms with van der Waals surface area (Å²) < 4.78 is 1.09. The second-order valence-electron chi connectivity index (χ2n) is 5.16. The fraction of sp³-hybridized carbons (Fsp3) is 0.333. The normalized spacial score (nSPS) is 22.0. The summed E-state index contributed by atoms with van der Waals surface area (Å²) in [6.45, 7) is 0. The maximum Gasteiger partial charge on any atom is 0.306 e. The van der Waals surface area contributed by atoms with Crippen molar-refractivity contribution in [2.45, 2.75) is 25.3 Å². The Bertz CT molecular complexity index is 664. The fourth-order valence-electron chi connectivity index (χ4n) is 2.75. The number of nitrogens with one attached hydrogen (secondary N) is 1. The van der Waals surface area contributed by atoms with Gasteiger partial charge in [-0.05, 0) is 25.3 Å². The van der Waals surface area contributed by atoms with Crippen molar-refractivity contribution in [3.8, 4) is 0 Å². The van der Waals surface area contributed by atoms with E-state index in [0.717, 1.165) is 16.5 Å². The van der Waals surface area contributed by atoms with Crippen LogP contribution in [-0.2, 0) is 4.79 Å². The molecule has 1 aliphatic rings. The molecule has 2 atom stereocenters. The number of carbonyl (C=O) groups excluding carboxylic acids is 1. The first-order chi connectivity index (χ1) is 9.65. The number of carboxylic acid groups (broad SMARTS) is 1. The number of carboxylic acids is 1. The van der Waals surface area contributed by atoms with Crippen LogP contribution in [0.2, 0.25) is 0 Å². The zero-order valence-electron chi connectivity index (χ0n) is 10.8. The monoisotopic (exact) mass is 289 g/mol. The van der Waals surface area contributed by atoms with Crippen LogP contribution in [0.5, 0.6) is 0 Å². The predicted octanol–water partition coefficient (Wildman–Crippen LogP) is 2.88. The molecule has 104 valence electrons. The number of carbonyl (C=O) groups is 2. The van der Waals surface area contributed by atoms with Crippen LogP contribution < -0.4 is 5.32 Å². The average Bonchev–Trinajstić information content (AvgIpc) is 3.04. The molecule has 5 heteroatoms. The smallest absolute Gasteiger partial charge is 0.306 e. The third kappa shape index (κ3) is 2.41. The van der Waals surface area contributed by atoms with Crippen LogP contribution in [0, 0.1) is 5.92 Å². The molecule has 1 aromatic heterocycles. The van der Waals surface area contributed by atoms with Crippen LogP contribution in [-0.4, -0.2) is 23.0 Å². The molecule has 1 amide bonds. The van der Waals surface area contributed by atoms with Gasteiger partial charge in [0, 0.05) is 21.5 Å². The third-order valence-electron chi connectivity index (χ3n) is 3.84. The first-order valence-electron chi connectivity index (χ1n) is 6.65. The summed E-state index contributed by atoms with van der Waals surface area (Å²) in [5.41, 5.74) is 0.685. The molecule has 0 aliphatic heterocycles. The molecule has 0 saturated heterocycles. The van der Waals surface area contributed by atoms with Crippen molar-refractivity contribution < 1.29 is 14.7 Å². The minimum atomic E-state index is -0.761. The van der Waals surface area contributed by atoms with Crippen molar-refractivity contribution in [1.29, 1.82) is 0 Å². The van der Waals surface area contributed by atoms with Crippen LogP contribution in [0.3, 0.4) is 0 Å². The molecule has 1 fully saturated rings. The Morgan fingerprint density at radius 3 is 2.80 bits per heavy atom. The molecule has 0 radical (unpaired) electrons. The molecule has 4 nitrogen and oxygen atoms in total. The maximum atomic E-state index is 12.3. The highest BCUT2D eigenvalue weighted by molar-refractivity contribution is 7.17. The molecular formula is C15H15NO3S. The second kappa shape index (κ2) is 5.25. The number of rotatable bonds is 3. The van der Waals surface area contributed by atoms with Gasteiger partial charge in [0.15, 0.2) is 0 Å². The van der Waals surface area contributed by atoms with Crippen LogP contribution >= 0.6 is 11.3 Å². The van der Waals surface area contributed by atoms with E-state index in [4.69, 9.17) is 5.11 Å². The maximum absolute atomic E-state index is 12.3. The lowest BCUT2D eigenvalue weighted by molar-refractivity contribution is -0.141. The summed E-state index contributed by atoms with van der Waals surface area (Å²) in [4.78, 5) is 23.2. The van der Waals surface area contributed by atoms with Gasteiger partial charge in [0.2, 0.25) is 0 Å². The minimum Gasteiger partial charge on any atom is -0.481 e. The summed E-state index contributed by atoms with van der Waals surface area (Å²) >= 11 is 1.55. The van der Waals surface area contributed by atoms with E-state index in [1.165, 1.54) is 0 Å². The first-order valence-corrected chi connectivity index (χ1v) is 7.53. The lowest BCUT2D eigenvalue weighted by Crippen LogP contribution is -2.33. The van der Waals surface area contributed by atoms with Gasteiger partial charge in [-0.3, -0.25) is 9.59 Å². The van der Waals surface area contributed by atoms with E-state index in [1.54, 1.807) is 11.3 Å². The lowest BCUT2D eigenvalue weighted by Gasteiger charge is -2.12.